The number of nitrogens with zero attached hydrogens (tertiary/aromatic N) is 3. The van der Waals surface area contributed by atoms with E-state index >= 15 is 0 Å². The Kier molecular flexibility index (Phi) is 4.82. The number of morpholine rings is 1. The van der Waals surface area contributed by atoms with Crippen molar-refractivity contribution in [2.45, 2.75) is 44.9 Å². The summed E-state index contributed by atoms with van der Waals surface area (Å²) in [6.45, 7) is 6.27. The number of aryl methyl sites for hydroxylation is 1. The van der Waals surface area contributed by atoms with Crippen molar-refractivity contribution in [3.05, 3.63) is 41.7 Å². The van der Waals surface area contributed by atoms with Gasteiger partial charge in [-0.25, -0.2) is 0 Å². The Bertz CT molecular complexity index is 952. The monoisotopic (exact) mass is 398 g/mol. The summed E-state index contributed by atoms with van der Waals surface area (Å²) in [5, 5.41) is 7.16. The largest absolute Gasteiger partial charge is 0.485 e. The maximum Gasteiger partial charge on any atom is 0.256 e. The highest BCUT2D eigenvalue weighted by molar-refractivity contribution is 5.97. The van der Waals surface area contributed by atoms with Crippen LogP contribution in [-0.4, -0.2) is 51.4 Å². The number of nitrogens with one attached hydrogen (secondary N) is 1. The van der Waals surface area contributed by atoms with E-state index in [1.807, 2.05) is 39.0 Å². The van der Waals surface area contributed by atoms with Gasteiger partial charge in [-0.1, -0.05) is 12.1 Å². The van der Waals surface area contributed by atoms with Crippen molar-refractivity contribution in [1.29, 1.82) is 0 Å². The van der Waals surface area contributed by atoms with Gasteiger partial charge in [0.05, 0.1) is 11.4 Å². The molecule has 29 heavy (non-hydrogen) atoms. The normalized spacial score (nSPS) is 22.9. The molecule has 3 heterocycles. The third kappa shape index (κ3) is 3.48. The van der Waals surface area contributed by atoms with Gasteiger partial charge in [-0.05, 0) is 32.9 Å². The predicted octanol–water partition coefficient (Wildman–Crippen LogP) is 2.06. The third-order valence-corrected chi connectivity index (χ3v) is 5.44. The van der Waals surface area contributed by atoms with Crippen LogP contribution < -0.4 is 10.1 Å². The van der Waals surface area contributed by atoms with Crippen LogP contribution in [0, 0.1) is 0 Å². The highest BCUT2D eigenvalue weighted by Crippen LogP contribution is 2.41. The number of ether oxygens (including phenoxy) is 2. The van der Waals surface area contributed by atoms with Crippen LogP contribution in [0.25, 0.3) is 0 Å². The molecule has 1 fully saturated rings. The maximum atomic E-state index is 13.3. The van der Waals surface area contributed by atoms with Gasteiger partial charge < -0.3 is 19.7 Å². The molecule has 1 saturated heterocycles. The molecule has 0 unspecified atom stereocenters. The number of carbonyl (C=O) groups is 2. The molecule has 2 aromatic rings. The van der Waals surface area contributed by atoms with Crippen LogP contribution in [0.4, 0.5) is 5.69 Å². The molecule has 0 radical (unpaired) electrons. The highest BCUT2D eigenvalue weighted by Gasteiger charge is 2.43. The molecule has 2 aliphatic heterocycles. The van der Waals surface area contributed by atoms with E-state index in [-0.39, 0.29) is 24.0 Å². The number of carbonyl (C=O) groups excluding carboxylic acids is 2. The number of benzene rings is 1. The molecule has 154 valence electrons. The van der Waals surface area contributed by atoms with Crippen LogP contribution in [-0.2, 0) is 27.8 Å². The topological polar surface area (TPSA) is 85.7 Å². The van der Waals surface area contributed by atoms with Crippen molar-refractivity contribution in [3.63, 3.8) is 0 Å². The minimum atomic E-state index is -0.853. The van der Waals surface area contributed by atoms with Gasteiger partial charge >= 0.3 is 0 Å². The number of anilines is 1. The van der Waals surface area contributed by atoms with Crippen molar-refractivity contribution in [2.75, 3.05) is 18.5 Å². The number of fused-ring (bicyclic) bond motifs is 1. The number of para-hydroxylation sites is 1. The van der Waals surface area contributed by atoms with E-state index in [1.54, 1.807) is 28.9 Å². The molecule has 8 heteroatoms. The lowest BCUT2D eigenvalue weighted by Gasteiger charge is -2.39. The number of rotatable bonds is 4. The van der Waals surface area contributed by atoms with Crippen LogP contribution in [0.2, 0.25) is 0 Å². The van der Waals surface area contributed by atoms with Gasteiger partial charge in [0.25, 0.3) is 5.91 Å². The molecule has 2 amide bonds. The van der Waals surface area contributed by atoms with Crippen molar-refractivity contribution in [2.24, 2.45) is 7.05 Å². The first kappa shape index (κ1) is 19.4. The van der Waals surface area contributed by atoms with E-state index in [1.165, 1.54) is 0 Å². The van der Waals surface area contributed by atoms with Crippen molar-refractivity contribution < 1.29 is 19.1 Å². The van der Waals surface area contributed by atoms with Gasteiger partial charge in [-0.2, -0.15) is 5.10 Å². The Labute approximate surface area is 169 Å². The number of aromatic nitrogens is 2. The van der Waals surface area contributed by atoms with E-state index in [0.717, 1.165) is 17.7 Å². The molecular weight excluding hydrogens is 372 g/mol. The van der Waals surface area contributed by atoms with Gasteiger partial charge in [-0.3, -0.25) is 14.3 Å². The Balaban J connectivity index is 1.64. The van der Waals surface area contributed by atoms with Crippen LogP contribution >= 0.6 is 0 Å². The lowest BCUT2D eigenvalue weighted by atomic mass is 10.0. The van der Waals surface area contributed by atoms with Crippen molar-refractivity contribution >= 4 is 17.5 Å². The summed E-state index contributed by atoms with van der Waals surface area (Å²) in [6.07, 6.45) is 1.58. The molecule has 2 atom stereocenters. The predicted molar refractivity (Wildman–Crippen MR) is 107 cm³/mol. The fourth-order valence-electron chi connectivity index (χ4n) is 4.15. The molecule has 0 saturated carbocycles. The first-order valence-corrected chi connectivity index (χ1v) is 9.81. The lowest BCUT2D eigenvalue weighted by molar-refractivity contribution is -0.162. The highest BCUT2D eigenvalue weighted by atomic mass is 16.5. The second-order valence-electron chi connectivity index (χ2n) is 8.06. The third-order valence-electron chi connectivity index (χ3n) is 5.44. The van der Waals surface area contributed by atoms with E-state index in [2.05, 4.69) is 10.4 Å². The smallest absolute Gasteiger partial charge is 0.256 e. The summed E-state index contributed by atoms with van der Waals surface area (Å²) >= 11 is 0. The average Bonchev–Trinajstić information content (AvgIpc) is 3.23. The zero-order chi connectivity index (χ0) is 20.8. The maximum absolute atomic E-state index is 13.3. The molecule has 0 bridgehead atoms. The molecular formula is C21H26N4O4. The number of amides is 2. The Morgan fingerprint density at radius 3 is 2.83 bits per heavy atom. The zero-order valence-corrected chi connectivity index (χ0v) is 17.1. The first-order valence-electron chi connectivity index (χ1n) is 9.81. The van der Waals surface area contributed by atoms with Gasteiger partial charge in [-0.15, -0.1) is 0 Å². The fourth-order valence-corrected chi connectivity index (χ4v) is 4.15. The molecule has 8 nitrogen and oxygen atoms in total. The quantitative estimate of drug-likeness (QED) is 0.852. The van der Waals surface area contributed by atoms with Crippen LogP contribution in [0.1, 0.15) is 38.1 Å². The van der Waals surface area contributed by atoms with Crippen LogP contribution in [0.15, 0.2) is 30.5 Å². The van der Waals surface area contributed by atoms with Gasteiger partial charge in [0.15, 0.2) is 6.10 Å². The molecule has 1 N–H and O–H groups in total. The number of hydrogen-bond donors (Lipinski definition) is 1. The Morgan fingerprint density at radius 1 is 1.34 bits per heavy atom. The number of likely N-dealkylation sites (N-methyl/N-ethyl adjacent to an activating group) is 1. The summed E-state index contributed by atoms with van der Waals surface area (Å²) in [7, 11) is 1.79. The van der Waals surface area contributed by atoms with Gasteiger partial charge in [0.2, 0.25) is 5.91 Å². The van der Waals surface area contributed by atoms with Crippen molar-refractivity contribution in [3.8, 4) is 5.75 Å². The Hall–Kier alpha value is -2.87. The summed E-state index contributed by atoms with van der Waals surface area (Å²) in [5.74, 6) is 0.236. The van der Waals surface area contributed by atoms with E-state index in [9.17, 15) is 9.59 Å². The molecule has 2 aliphatic rings. The summed E-state index contributed by atoms with van der Waals surface area (Å²) in [6, 6.07) is 6.99. The second-order valence-corrected chi connectivity index (χ2v) is 8.06. The van der Waals surface area contributed by atoms with E-state index in [4.69, 9.17) is 9.47 Å². The molecule has 0 aliphatic carbocycles. The first-order chi connectivity index (χ1) is 13.8. The summed E-state index contributed by atoms with van der Waals surface area (Å²) in [5.41, 5.74) is 2.11. The Morgan fingerprint density at radius 2 is 2.14 bits per heavy atom. The molecule has 1 aromatic carbocycles. The van der Waals surface area contributed by atoms with Crippen LogP contribution in [0.3, 0.4) is 0 Å². The van der Waals surface area contributed by atoms with Gasteiger partial charge in [0.1, 0.15) is 24.0 Å². The van der Waals surface area contributed by atoms with Crippen molar-refractivity contribution in [1.82, 2.24) is 14.7 Å². The fraction of sp³-hybridized carbons (Fsp3) is 0.476. The molecule has 4 rings (SSSR count). The van der Waals surface area contributed by atoms with Gasteiger partial charge in [0, 0.05) is 31.8 Å². The SMILES string of the molecule is CCN1C(=O)CO[C@H](C(=O)Nc2cccc3c2OC(C)(C)C3)[C@H]1c1ccnn1C. The number of hydrogen-bond acceptors (Lipinski definition) is 5. The minimum Gasteiger partial charge on any atom is -0.485 e. The molecule has 0 spiro atoms. The van der Waals surface area contributed by atoms with E-state index in [0.29, 0.717) is 18.0 Å². The lowest BCUT2D eigenvalue weighted by Crippen LogP contribution is -2.53. The average molecular weight is 398 g/mol. The second kappa shape index (κ2) is 7.18. The van der Waals surface area contributed by atoms with E-state index < -0.39 is 12.1 Å². The standard InChI is InChI=1S/C21H26N4O4/c1-5-25-16(26)12-28-19(17(25)15-9-10-22-24(15)4)20(27)23-14-8-6-7-13-11-21(2,3)29-18(13)14/h6-10,17,19H,5,11-12H2,1-4H3,(H,23,27)/t17-,19+/m1/s1. The van der Waals surface area contributed by atoms with Crippen LogP contribution in [0.5, 0.6) is 5.75 Å². The summed E-state index contributed by atoms with van der Waals surface area (Å²) < 4.78 is 13.4. The molecule has 1 aromatic heterocycles. The summed E-state index contributed by atoms with van der Waals surface area (Å²) in [4.78, 5) is 27.3. The minimum absolute atomic E-state index is 0.128. The zero-order valence-electron chi connectivity index (χ0n) is 17.1.